The molecule has 24 heavy (non-hydrogen) atoms. The van der Waals surface area contributed by atoms with Gasteiger partial charge in [0.05, 0.1) is 19.1 Å². The maximum absolute atomic E-state index is 12.0. The van der Waals surface area contributed by atoms with Crippen LogP contribution in [0.2, 0.25) is 0 Å². The van der Waals surface area contributed by atoms with Gasteiger partial charge in [0.1, 0.15) is 0 Å². The van der Waals surface area contributed by atoms with Crippen LogP contribution in [0.15, 0.2) is 47.8 Å². The van der Waals surface area contributed by atoms with Crippen molar-refractivity contribution in [2.24, 2.45) is 0 Å². The van der Waals surface area contributed by atoms with E-state index in [0.717, 1.165) is 10.4 Å². The molecule has 3 N–H and O–H groups in total. The Morgan fingerprint density at radius 2 is 1.75 bits per heavy atom. The molecule has 2 rings (SSSR count). The molecule has 2 aromatic rings. The normalized spacial score (nSPS) is 12.0. The molecule has 1 aromatic heterocycles. The quantitative estimate of drug-likeness (QED) is 0.686. The van der Waals surface area contributed by atoms with E-state index in [4.69, 9.17) is 0 Å². The Kier molecular flexibility index (Phi) is 6.96. The average molecular weight is 345 g/mol. The molecular formula is C18H23N3O2S. The average Bonchev–Trinajstić information content (AvgIpc) is 3.08. The molecule has 2 amide bonds. The molecule has 128 valence electrons. The molecule has 0 bridgehead atoms. The maximum atomic E-state index is 12.0. The first-order chi connectivity index (χ1) is 11.6. The van der Waals surface area contributed by atoms with E-state index in [9.17, 15) is 9.59 Å². The number of benzene rings is 1. The van der Waals surface area contributed by atoms with Gasteiger partial charge in [-0.05, 0) is 30.9 Å². The molecule has 5 nitrogen and oxygen atoms in total. The smallest absolute Gasteiger partial charge is 0.239 e. The zero-order valence-corrected chi connectivity index (χ0v) is 14.7. The number of nitrogens with one attached hydrogen (secondary N) is 3. The van der Waals surface area contributed by atoms with Crippen LogP contribution in [0.1, 0.15) is 30.3 Å². The minimum Gasteiger partial charge on any atom is -0.352 e. The highest BCUT2D eigenvalue weighted by atomic mass is 32.1. The summed E-state index contributed by atoms with van der Waals surface area (Å²) in [6.07, 6.45) is 0. The first-order valence-electron chi connectivity index (χ1n) is 7.94. The molecule has 1 heterocycles. The summed E-state index contributed by atoms with van der Waals surface area (Å²) in [5, 5.41) is 10.7. The van der Waals surface area contributed by atoms with Crippen molar-refractivity contribution in [2.45, 2.75) is 25.9 Å². The minimum absolute atomic E-state index is 0.00625. The second-order valence-electron chi connectivity index (χ2n) is 5.74. The summed E-state index contributed by atoms with van der Waals surface area (Å²) in [5.41, 5.74) is 1.10. The van der Waals surface area contributed by atoms with Gasteiger partial charge >= 0.3 is 0 Å². The van der Waals surface area contributed by atoms with E-state index in [1.807, 2.05) is 61.7 Å². The Balaban J connectivity index is 1.89. The number of carbonyl (C=O) groups is 2. The van der Waals surface area contributed by atoms with E-state index in [1.165, 1.54) is 0 Å². The van der Waals surface area contributed by atoms with Crippen LogP contribution >= 0.6 is 11.3 Å². The lowest BCUT2D eigenvalue weighted by Gasteiger charge is -2.18. The van der Waals surface area contributed by atoms with E-state index in [-0.39, 0.29) is 37.0 Å². The molecule has 0 fully saturated rings. The first kappa shape index (κ1) is 18.2. The summed E-state index contributed by atoms with van der Waals surface area (Å²) in [6, 6.07) is 14.1. The Bertz CT molecular complexity index is 642. The number of hydrogen-bond donors (Lipinski definition) is 3. The number of thiophene rings is 1. The third-order valence-corrected chi connectivity index (χ3v) is 4.26. The van der Waals surface area contributed by atoms with Crippen molar-refractivity contribution in [1.29, 1.82) is 0 Å². The lowest BCUT2D eigenvalue weighted by Crippen LogP contribution is -2.43. The highest BCUT2D eigenvalue weighted by Crippen LogP contribution is 2.25. The van der Waals surface area contributed by atoms with Crippen molar-refractivity contribution in [3.05, 3.63) is 58.3 Å². The largest absolute Gasteiger partial charge is 0.352 e. The van der Waals surface area contributed by atoms with Gasteiger partial charge in [0.15, 0.2) is 0 Å². The third kappa shape index (κ3) is 5.79. The highest BCUT2D eigenvalue weighted by Gasteiger charge is 2.16. The van der Waals surface area contributed by atoms with Gasteiger partial charge in [0.25, 0.3) is 0 Å². The highest BCUT2D eigenvalue weighted by molar-refractivity contribution is 7.10. The molecule has 0 aliphatic carbocycles. The fourth-order valence-electron chi connectivity index (χ4n) is 2.29. The number of carbonyl (C=O) groups excluding carboxylic acids is 2. The molecule has 0 aliphatic rings. The molecule has 0 saturated heterocycles. The van der Waals surface area contributed by atoms with Gasteiger partial charge in [0.2, 0.25) is 11.8 Å². The van der Waals surface area contributed by atoms with Crippen molar-refractivity contribution in [3.63, 3.8) is 0 Å². The van der Waals surface area contributed by atoms with Crippen LogP contribution in [0.3, 0.4) is 0 Å². The molecule has 0 radical (unpaired) electrons. The molecule has 0 unspecified atom stereocenters. The fraction of sp³-hybridized carbons (Fsp3) is 0.333. The Morgan fingerprint density at radius 1 is 1.00 bits per heavy atom. The Morgan fingerprint density at radius 3 is 2.38 bits per heavy atom. The molecule has 0 saturated carbocycles. The van der Waals surface area contributed by atoms with Gasteiger partial charge < -0.3 is 10.6 Å². The molecule has 6 heteroatoms. The SMILES string of the molecule is CC(C)NC(=O)CNC(=O)CN[C@@H](c1ccccc1)c1cccs1. The second-order valence-corrected chi connectivity index (χ2v) is 6.72. The van der Waals surface area contributed by atoms with Crippen molar-refractivity contribution < 1.29 is 9.59 Å². The number of amides is 2. The van der Waals surface area contributed by atoms with E-state index in [2.05, 4.69) is 16.0 Å². The third-order valence-electron chi connectivity index (χ3n) is 3.32. The summed E-state index contributed by atoms with van der Waals surface area (Å²) in [5.74, 6) is -0.386. The lowest BCUT2D eigenvalue weighted by atomic mass is 10.1. The van der Waals surface area contributed by atoms with Gasteiger partial charge in [-0.25, -0.2) is 0 Å². The maximum Gasteiger partial charge on any atom is 0.239 e. The fourth-order valence-corrected chi connectivity index (χ4v) is 3.12. The van der Waals surface area contributed by atoms with Crippen molar-refractivity contribution >= 4 is 23.2 Å². The van der Waals surface area contributed by atoms with Crippen LogP contribution in [0.25, 0.3) is 0 Å². The molecule has 0 aliphatic heterocycles. The predicted molar refractivity (Wildman–Crippen MR) is 96.9 cm³/mol. The molecule has 1 aromatic carbocycles. The standard InChI is InChI=1S/C18H23N3O2S/c1-13(2)21-17(23)12-19-16(22)11-20-18(15-9-6-10-24-15)14-7-4-3-5-8-14/h3-10,13,18,20H,11-12H2,1-2H3,(H,19,22)(H,21,23)/t18-/m0/s1. The molecule has 1 atom stereocenters. The predicted octanol–water partition coefficient (Wildman–Crippen LogP) is 2.07. The Labute approximate surface area is 146 Å². The minimum atomic E-state index is -0.202. The van der Waals surface area contributed by atoms with Gasteiger partial charge in [-0.2, -0.15) is 0 Å². The summed E-state index contributed by atoms with van der Waals surface area (Å²) in [4.78, 5) is 24.7. The summed E-state index contributed by atoms with van der Waals surface area (Å²) < 4.78 is 0. The van der Waals surface area contributed by atoms with Crippen molar-refractivity contribution in [3.8, 4) is 0 Å². The van der Waals surface area contributed by atoms with Gasteiger partial charge in [-0.15, -0.1) is 11.3 Å². The van der Waals surface area contributed by atoms with Gasteiger partial charge in [0, 0.05) is 10.9 Å². The van der Waals surface area contributed by atoms with Crippen LogP contribution in [0, 0.1) is 0 Å². The van der Waals surface area contributed by atoms with Crippen LogP contribution in [-0.4, -0.2) is 30.9 Å². The van der Waals surface area contributed by atoms with Crippen molar-refractivity contribution in [1.82, 2.24) is 16.0 Å². The summed E-state index contributed by atoms with van der Waals surface area (Å²) in [6.45, 7) is 3.90. The molecular weight excluding hydrogens is 322 g/mol. The van der Waals surface area contributed by atoms with E-state index in [0.29, 0.717) is 0 Å². The lowest BCUT2D eigenvalue weighted by molar-refractivity contribution is -0.125. The van der Waals surface area contributed by atoms with E-state index in [1.54, 1.807) is 11.3 Å². The topological polar surface area (TPSA) is 70.2 Å². The molecule has 0 spiro atoms. The second kappa shape index (κ2) is 9.20. The zero-order chi connectivity index (χ0) is 17.4. The van der Waals surface area contributed by atoms with E-state index < -0.39 is 0 Å². The van der Waals surface area contributed by atoms with E-state index >= 15 is 0 Å². The number of rotatable bonds is 8. The Hall–Kier alpha value is -2.18. The van der Waals surface area contributed by atoms with Crippen LogP contribution in [0.5, 0.6) is 0 Å². The summed E-state index contributed by atoms with van der Waals surface area (Å²) in [7, 11) is 0. The first-order valence-corrected chi connectivity index (χ1v) is 8.82. The number of hydrogen-bond acceptors (Lipinski definition) is 4. The van der Waals surface area contributed by atoms with Crippen molar-refractivity contribution in [2.75, 3.05) is 13.1 Å². The monoisotopic (exact) mass is 345 g/mol. The van der Waals surface area contributed by atoms with Gasteiger partial charge in [-0.1, -0.05) is 36.4 Å². The van der Waals surface area contributed by atoms with Crippen LogP contribution in [-0.2, 0) is 9.59 Å². The zero-order valence-electron chi connectivity index (χ0n) is 13.9. The van der Waals surface area contributed by atoms with Crippen LogP contribution < -0.4 is 16.0 Å². The van der Waals surface area contributed by atoms with Gasteiger partial charge in [-0.3, -0.25) is 14.9 Å². The van der Waals surface area contributed by atoms with Crippen LogP contribution in [0.4, 0.5) is 0 Å². The summed E-state index contributed by atoms with van der Waals surface area (Å²) >= 11 is 1.64.